The van der Waals surface area contributed by atoms with Crippen LogP contribution in [0.2, 0.25) is 5.02 Å². The molecule has 6 heteroatoms. The number of anilines is 2. The first-order valence-corrected chi connectivity index (χ1v) is 11.6. The van der Waals surface area contributed by atoms with Crippen molar-refractivity contribution in [1.29, 1.82) is 0 Å². The Morgan fingerprint density at radius 2 is 1.73 bits per heavy atom. The molecule has 1 saturated heterocycles. The van der Waals surface area contributed by atoms with Gasteiger partial charge in [0.05, 0.1) is 0 Å². The number of benzene rings is 3. The predicted octanol–water partition coefficient (Wildman–Crippen LogP) is 6.62. The van der Waals surface area contributed by atoms with Gasteiger partial charge in [-0.1, -0.05) is 35.9 Å². The van der Waals surface area contributed by atoms with Crippen LogP contribution in [0.15, 0.2) is 66.7 Å². The highest BCUT2D eigenvalue weighted by molar-refractivity contribution is 6.30. The highest BCUT2D eigenvalue weighted by atomic mass is 35.5. The van der Waals surface area contributed by atoms with Crippen LogP contribution in [0.1, 0.15) is 45.8 Å². The molecule has 5 nitrogen and oxygen atoms in total. The van der Waals surface area contributed by atoms with Crippen LogP contribution >= 0.6 is 11.6 Å². The number of rotatable bonds is 4. The van der Waals surface area contributed by atoms with Gasteiger partial charge in [-0.05, 0) is 85.8 Å². The summed E-state index contributed by atoms with van der Waals surface area (Å²) in [5, 5.41) is 6.61. The van der Waals surface area contributed by atoms with E-state index in [1.807, 2.05) is 61.2 Å². The zero-order chi connectivity index (χ0) is 23.4. The average Bonchev–Trinajstić information content (AvgIpc) is 2.83. The number of carbonyl (C=O) groups excluding carboxylic acids is 2. The van der Waals surface area contributed by atoms with Crippen LogP contribution in [0.5, 0.6) is 0 Å². The Labute approximate surface area is 199 Å². The Balaban J connectivity index is 1.44. The number of nitrogens with one attached hydrogen (secondary N) is 2. The van der Waals surface area contributed by atoms with Gasteiger partial charge in [-0.15, -0.1) is 0 Å². The summed E-state index contributed by atoms with van der Waals surface area (Å²) >= 11 is 5.93. The third kappa shape index (κ3) is 5.55. The first kappa shape index (κ1) is 22.9. The summed E-state index contributed by atoms with van der Waals surface area (Å²) in [7, 11) is 0. The molecule has 1 aliphatic heterocycles. The lowest BCUT2D eigenvalue weighted by Crippen LogP contribution is -2.41. The third-order valence-corrected chi connectivity index (χ3v) is 6.53. The van der Waals surface area contributed by atoms with Gasteiger partial charge in [0.1, 0.15) is 0 Å². The SMILES string of the molecule is Cc1cccc(NC(=O)c2cccc(C3CCCN(C(=O)Nc4ccc(Cl)cc4)C3)c2)c1C. The molecule has 0 spiro atoms. The van der Waals surface area contributed by atoms with Crippen molar-refractivity contribution in [2.75, 3.05) is 23.7 Å². The van der Waals surface area contributed by atoms with Gasteiger partial charge in [0, 0.05) is 41.0 Å². The quantitative estimate of drug-likeness (QED) is 0.458. The van der Waals surface area contributed by atoms with Crippen LogP contribution in [-0.4, -0.2) is 29.9 Å². The Hall–Kier alpha value is -3.31. The number of likely N-dealkylation sites (tertiary alicyclic amines) is 1. The highest BCUT2D eigenvalue weighted by Crippen LogP contribution is 2.28. The molecule has 170 valence electrons. The van der Waals surface area contributed by atoms with E-state index in [1.165, 1.54) is 0 Å². The van der Waals surface area contributed by atoms with E-state index < -0.39 is 0 Å². The van der Waals surface area contributed by atoms with Gasteiger partial charge in [-0.25, -0.2) is 4.79 Å². The molecule has 1 heterocycles. The van der Waals surface area contributed by atoms with Crippen molar-refractivity contribution in [3.8, 4) is 0 Å². The topological polar surface area (TPSA) is 61.4 Å². The number of amides is 3. The lowest BCUT2D eigenvalue weighted by atomic mass is 9.89. The van der Waals surface area contributed by atoms with Gasteiger partial charge < -0.3 is 15.5 Å². The minimum Gasteiger partial charge on any atom is -0.324 e. The molecule has 0 saturated carbocycles. The first-order valence-electron chi connectivity index (χ1n) is 11.2. The number of nitrogens with zero attached hydrogens (tertiary/aromatic N) is 1. The highest BCUT2D eigenvalue weighted by Gasteiger charge is 2.25. The number of aryl methyl sites for hydroxylation is 1. The molecular weight excluding hydrogens is 434 g/mol. The van der Waals surface area contributed by atoms with Crippen molar-refractivity contribution in [3.05, 3.63) is 94.0 Å². The van der Waals surface area contributed by atoms with Crippen molar-refractivity contribution in [1.82, 2.24) is 4.90 Å². The molecule has 1 atom stereocenters. The van der Waals surface area contributed by atoms with Crippen LogP contribution in [-0.2, 0) is 0 Å². The smallest absolute Gasteiger partial charge is 0.321 e. The third-order valence-electron chi connectivity index (χ3n) is 6.28. The molecule has 33 heavy (non-hydrogen) atoms. The van der Waals surface area contributed by atoms with E-state index in [-0.39, 0.29) is 17.9 Å². The minimum absolute atomic E-state index is 0.120. The van der Waals surface area contributed by atoms with Gasteiger partial charge in [-0.2, -0.15) is 0 Å². The van der Waals surface area contributed by atoms with Crippen LogP contribution in [0.4, 0.5) is 16.2 Å². The van der Waals surface area contributed by atoms with E-state index in [0.717, 1.165) is 40.9 Å². The largest absolute Gasteiger partial charge is 0.324 e. The zero-order valence-electron chi connectivity index (χ0n) is 18.9. The second-order valence-electron chi connectivity index (χ2n) is 8.55. The molecule has 0 bridgehead atoms. The van der Waals surface area contributed by atoms with Crippen molar-refractivity contribution in [2.45, 2.75) is 32.6 Å². The van der Waals surface area contributed by atoms with E-state index >= 15 is 0 Å². The van der Waals surface area contributed by atoms with Crippen molar-refractivity contribution < 1.29 is 9.59 Å². The molecule has 4 rings (SSSR count). The molecule has 1 unspecified atom stereocenters. The molecule has 3 amide bonds. The summed E-state index contributed by atoms with van der Waals surface area (Å²) in [6.07, 6.45) is 1.89. The van der Waals surface area contributed by atoms with Crippen LogP contribution < -0.4 is 10.6 Å². The van der Waals surface area contributed by atoms with Gasteiger partial charge in [0.15, 0.2) is 0 Å². The molecular formula is C27H28ClN3O2. The second-order valence-corrected chi connectivity index (χ2v) is 8.99. The molecule has 0 aromatic heterocycles. The molecule has 1 aliphatic rings. The predicted molar refractivity (Wildman–Crippen MR) is 134 cm³/mol. The first-order chi connectivity index (χ1) is 15.9. The number of halogens is 1. The Bertz CT molecular complexity index is 1160. The Morgan fingerprint density at radius 3 is 2.52 bits per heavy atom. The summed E-state index contributed by atoms with van der Waals surface area (Å²) < 4.78 is 0. The maximum absolute atomic E-state index is 12.9. The normalized spacial score (nSPS) is 15.7. The van der Waals surface area contributed by atoms with Gasteiger partial charge in [0.2, 0.25) is 0 Å². The standard InChI is InChI=1S/C27H28ClN3O2/c1-18-6-3-10-25(19(18)2)30-26(32)21-8-4-7-20(16-21)22-9-5-15-31(17-22)27(33)29-24-13-11-23(28)12-14-24/h3-4,6-8,10-14,16,22H,5,9,15,17H2,1-2H3,(H,29,33)(H,30,32). The molecule has 3 aromatic carbocycles. The fraction of sp³-hybridized carbons (Fsp3) is 0.259. The molecule has 0 radical (unpaired) electrons. The average molecular weight is 462 g/mol. The number of urea groups is 1. The van der Waals surface area contributed by atoms with Crippen LogP contribution in [0.3, 0.4) is 0 Å². The molecule has 2 N–H and O–H groups in total. The summed E-state index contributed by atoms with van der Waals surface area (Å²) in [6.45, 7) is 5.36. The maximum Gasteiger partial charge on any atom is 0.321 e. The van der Waals surface area contributed by atoms with E-state index in [0.29, 0.717) is 23.7 Å². The minimum atomic E-state index is -0.126. The lowest BCUT2D eigenvalue weighted by molar-refractivity contribution is 0.102. The fourth-order valence-corrected chi connectivity index (χ4v) is 4.31. The number of hydrogen-bond donors (Lipinski definition) is 2. The number of piperidine rings is 1. The van der Waals surface area contributed by atoms with E-state index in [2.05, 4.69) is 10.6 Å². The van der Waals surface area contributed by atoms with Gasteiger partial charge in [0.25, 0.3) is 5.91 Å². The monoisotopic (exact) mass is 461 g/mol. The van der Waals surface area contributed by atoms with E-state index in [1.54, 1.807) is 24.3 Å². The molecule has 3 aromatic rings. The number of carbonyl (C=O) groups is 2. The van der Waals surface area contributed by atoms with Crippen LogP contribution in [0, 0.1) is 13.8 Å². The Morgan fingerprint density at radius 1 is 0.970 bits per heavy atom. The van der Waals surface area contributed by atoms with E-state index in [4.69, 9.17) is 11.6 Å². The van der Waals surface area contributed by atoms with Crippen molar-refractivity contribution in [2.24, 2.45) is 0 Å². The van der Waals surface area contributed by atoms with Gasteiger partial charge >= 0.3 is 6.03 Å². The number of hydrogen-bond acceptors (Lipinski definition) is 2. The lowest BCUT2D eigenvalue weighted by Gasteiger charge is -2.33. The second kappa shape index (κ2) is 10.1. The maximum atomic E-state index is 12.9. The summed E-state index contributed by atoms with van der Waals surface area (Å²) in [4.78, 5) is 27.5. The molecule has 1 fully saturated rings. The summed E-state index contributed by atoms with van der Waals surface area (Å²) in [6, 6.07) is 20.6. The van der Waals surface area contributed by atoms with Gasteiger partial charge in [-0.3, -0.25) is 4.79 Å². The van der Waals surface area contributed by atoms with Crippen LogP contribution in [0.25, 0.3) is 0 Å². The van der Waals surface area contributed by atoms with E-state index in [9.17, 15) is 9.59 Å². The fourth-order valence-electron chi connectivity index (χ4n) is 4.18. The summed E-state index contributed by atoms with van der Waals surface area (Å²) in [5.41, 5.74) is 5.45. The van der Waals surface area contributed by atoms with Crippen molar-refractivity contribution in [3.63, 3.8) is 0 Å². The summed E-state index contributed by atoms with van der Waals surface area (Å²) in [5.74, 6) is 0.0573. The molecule has 0 aliphatic carbocycles. The van der Waals surface area contributed by atoms with Crippen molar-refractivity contribution >= 4 is 34.9 Å². The zero-order valence-corrected chi connectivity index (χ0v) is 19.7. The Kier molecular flexibility index (Phi) is 6.99.